The summed E-state index contributed by atoms with van der Waals surface area (Å²) in [7, 11) is 3.60. The monoisotopic (exact) mass is 373 g/mol. The van der Waals surface area contributed by atoms with Crippen molar-refractivity contribution >= 4 is 11.8 Å². The van der Waals surface area contributed by atoms with E-state index < -0.39 is 0 Å². The third-order valence-electron chi connectivity index (χ3n) is 4.05. The van der Waals surface area contributed by atoms with Crippen LogP contribution in [-0.2, 0) is 13.5 Å². The van der Waals surface area contributed by atoms with Crippen molar-refractivity contribution in [1.29, 1.82) is 0 Å². The Morgan fingerprint density at radius 2 is 2.00 bits per heavy atom. The van der Waals surface area contributed by atoms with E-state index in [4.69, 9.17) is 9.26 Å². The van der Waals surface area contributed by atoms with Crippen LogP contribution in [0.25, 0.3) is 11.4 Å². The molecule has 2 aromatic heterocycles. The summed E-state index contributed by atoms with van der Waals surface area (Å²) in [5.74, 6) is 3.01. The number of unbranched alkanes of at least 4 members (excludes halogenated alkanes) is 1. The molecule has 1 aromatic carbocycles. The highest BCUT2D eigenvalue weighted by Gasteiger charge is 2.20. The molecule has 0 radical (unpaired) electrons. The van der Waals surface area contributed by atoms with E-state index in [1.165, 1.54) is 0 Å². The number of rotatable bonds is 8. The van der Waals surface area contributed by atoms with Crippen LogP contribution in [0.3, 0.4) is 0 Å². The van der Waals surface area contributed by atoms with Gasteiger partial charge in [-0.05, 0) is 37.6 Å². The molecule has 138 valence electrons. The van der Waals surface area contributed by atoms with E-state index in [1.807, 2.05) is 42.8 Å². The first-order valence-corrected chi connectivity index (χ1v) is 9.53. The molecule has 0 N–H and O–H groups in total. The molecule has 0 saturated carbocycles. The first-order valence-electron chi connectivity index (χ1n) is 8.65. The maximum Gasteiger partial charge on any atom is 0.239 e. The van der Waals surface area contributed by atoms with Gasteiger partial charge in [0.15, 0.2) is 16.8 Å². The number of nitrogens with zero attached hydrogens (tertiary/aromatic N) is 5. The van der Waals surface area contributed by atoms with Crippen molar-refractivity contribution in [2.45, 2.75) is 43.5 Å². The minimum absolute atomic E-state index is 0.00416. The zero-order valence-electron chi connectivity index (χ0n) is 15.5. The third-order valence-corrected chi connectivity index (χ3v) is 5.17. The molecule has 0 bridgehead atoms. The van der Waals surface area contributed by atoms with Crippen LogP contribution < -0.4 is 4.74 Å². The summed E-state index contributed by atoms with van der Waals surface area (Å²) >= 11 is 1.55. The van der Waals surface area contributed by atoms with Gasteiger partial charge in [-0.2, -0.15) is 4.98 Å². The smallest absolute Gasteiger partial charge is 0.239 e. The molecule has 0 aliphatic rings. The Morgan fingerprint density at radius 3 is 2.69 bits per heavy atom. The van der Waals surface area contributed by atoms with Crippen LogP contribution in [-0.4, -0.2) is 32.0 Å². The predicted octanol–water partition coefficient (Wildman–Crippen LogP) is 4.07. The van der Waals surface area contributed by atoms with Gasteiger partial charge in [-0.25, -0.2) is 0 Å². The van der Waals surface area contributed by atoms with Crippen LogP contribution in [0.5, 0.6) is 5.75 Å². The summed E-state index contributed by atoms with van der Waals surface area (Å²) in [6.07, 6.45) is 3.03. The van der Waals surface area contributed by atoms with Crippen LogP contribution in [0.4, 0.5) is 0 Å². The van der Waals surface area contributed by atoms with Crippen LogP contribution in [0.2, 0.25) is 0 Å². The van der Waals surface area contributed by atoms with Crippen molar-refractivity contribution in [1.82, 2.24) is 24.9 Å². The van der Waals surface area contributed by atoms with E-state index in [9.17, 15) is 0 Å². The quantitative estimate of drug-likeness (QED) is 0.551. The third kappa shape index (κ3) is 4.07. The predicted molar refractivity (Wildman–Crippen MR) is 100 cm³/mol. The second-order valence-corrected chi connectivity index (χ2v) is 7.31. The Balaban J connectivity index is 1.72. The standard InChI is InChI=1S/C18H23N5O2S/c1-5-6-7-15-19-17(25-22-15)12(2)26-18-21-20-16(23(18)3)13-8-10-14(24-4)11-9-13/h8-12H,5-7H2,1-4H3. The zero-order valence-corrected chi connectivity index (χ0v) is 16.3. The van der Waals surface area contributed by atoms with Crippen molar-refractivity contribution in [3.8, 4) is 17.1 Å². The molecular formula is C18H23N5O2S. The van der Waals surface area contributed by atoms with Crippen molar-refractivity contribution in [3.05, 3.63) is 36.0 Å². The van der Waals surface area contributed by atoms with Crippen molar-refractivity contribution in [3.63, 3.8) is 0 Å². The lowest BCUT2D eigenvalue weighted by atomic mass is 10.2. The molecular weight excluding hydrogens is 350 g/mol. The van der Waals surface area contributed by atoms with Gasteiger partial charge in [0, 0.05) is 19.0 Å². The summed E-state index contributed by atoms with van der Waals surface area (Å²) in [5, 5.41) is 13.5. The fourth-order valence-electron chi connectivity index (χ4n) is 2.49. The Bertz CT molecular complexity index is 844. The van der Waals surface area contributed by atoms with Gasteiger partial charge >= 0.3 is 0 Å². The number of aromatic nitrogens is 5. The summed E-state index contributed by atoms with van der Waals surface area (Å²) in [5.41, 5.74) is 0.986. The Kier molecular flexibility index (Phi) is 5.92. The number of thioether (sulfide) groups is 1. The molecule has 7 nitrogen and oxygen atoms in total. The summed E-state index contributed by atoms with van der Waals surface area (Å²) in [6, 6.07) is 7.77. The Morgan fingerprint density at radius 1 is 1.23 bits per heavy atom. The van der Waals surface area contributed by atoms with Crippen LogP contribution in [0, 0.1) is 0 Å². The number of hydrogen-bond acceptors (Lipinski definition) is 7. The van der Waals surface area contributed by atoms with Gasteiger partial charge < -0.3 is 13.8 Å². The number of ether oxygens (including phenoxy) is 1. The lowest BCUT2D eigenvalue weighted by Crippen LogP contribution is -1.97. The second-order valence-electron chi connectivity index (χ2n) is 6.01. The van der Waals surface area contributed by atoms with Crippen LogP contribution in [0.1, 0.15) is 43.7 Å². The van der Waals surface area contributed by atoms with E-state index in [2.05, 4.69) is 27.3 Å². The highest BCUT2D eigenvalue weighted by molar-refractivity contribution is 7.99. The number of benzene rings is 1. The van der Waals surface area contributed by atoms with Crippen molar-refractivity contribution in [2.75, 3.05) is 7.11 Å². The van der Waals surface area contributed by atoms with E-state index in [-0.39, 0.29) is 5.25 Å². The van der Waals surface area contributed by atoms with Gasteiger partial charge in [-0.1, -0.05) is 30.3 Å². The zero-order chi connectivity index (χ0) is 18.5. The number of hydrogen-bond donors (Lipinski definition) is 0. The first-order chi connectivity index (χ1) is 12.6. The average Bonchev–Trinajstić information content (AvgIpc) is 3.28. The molecule has 0 aliphatic carbocycles. The van der Waals surface area contributed by atoms with Crippen molar-refractivity contribution in [2.24, 2.45) is 7.05 Å². The Hall–Kier alpha value is -2.35. The molecule has 0 amide bonds. The maximum absolute atomic E-state index is 5.40. The highest BCUT2D eigenvalue weighted by atomic mass is 32.2. The van der Waals surface area contributed by atoms with Gasteiger partial charge in [0.1, 0.15) is 5.75 Å². The molecule has 0 saturated heterocycles. The van der Waals surface area contributed by atoms with E-state index >= 15 is 0 Å². The van der Waals surface area contributed by atoms with Crippen LogP contribution >= 0.6 is 11.8 Å². The van der Waals surface area contributed by atoms with E-state index in [1.54, 1.807) is 18.9 Å². The van der Waals surface area contributed by atoms with E-state index in [0.29, 0.717) is 5.89 Å². The SMILES string of the molecule is CCCCc1noc(C(C)Sc2nnc(-c3ccc(OC)cc3)n2C)n1. The minimum Gasteiger partial charge on any atom is -0.497 e. The van der Waals surface area contributed by atoms with Crippen molar-refractivity contribution < 1.29 is 9.26 Å². The van der Waals surface area contributed by atoms with Gasteiger partial charge in [-0.3, -0.25) is 0 Å². The Labute approximate surface area is 157 Å². The van der Waals surface area contributed by atoms with Crippen LogP contribution in [0.15, 0.2) is 33.9 Å². The maximum atomic E-state index is 5.40. The summed E-state index contributed by atoms with van der Waals surface area (Å²) in [4.78, 5) is 4.49. The number of methoxy groups -OCH3 is 1. The second kappa shape index (κ2) is 8.35. The molecule has 0 aliphatic heterocycles. The molecule has 3 aromatic rings. The van der Waals surface area contributed by atoms with Gasteiger partial charge in [0.25, 0.3) is 0 Å². The number of aryl methyl sites for hydroxylation is 1. The lowest BCUT2D eigenvalue weighted by molar-refractivity contribution is 0.374. The highest BCUT2D eigenvalue weighted by Crippen LogP contribution is 2.34. The minimum atomic E-state index is 0.00416. The summed E-state index contributed by atoms with van der Waals surface area (Å²) < 4.78 is 12.6. The fourth-order valence-corrected chi connectivity index (χ4v) is 3.33. The van der Waals surface area contributed by atoms with Gasteiger partial charge in [0.2, 0.25) is 5.89 Å². The molecule has 2 heterocycles. The molecule has 0 fully saturated rings. The molecule has 3 rings (SSSR count). The first kappa shape index (κ1) is 18.4. The molecule has 26 heavy (non-hydrogen) atoms. The molecule has 8 heteroatoms. The van der Waals surface area contributed by atoms with Gasteiger partial charge in [0.05, 0.1) is 12.4 Å². The fraction of sp³-hybridized carbons (Fsp3) is 0.444. The largest absolute Gasteiger partial charge is 0.497 e. The lowest BCUT2D eigenvalue weighted by Gasteiger charge is -2.07. The normalized spacial score (nSPS) is 12.3. The molecule has 1 atom stereocenters. The van der Waals surface area contributed by atoms with Gasteiger partial charge in [-0.15, -0.1) is 10.2 Å². The summed E-state index contributed by atoms with van der Waals surface area (Å²) in [6.45, 7) is 4.18. The topological polar surface area (TPSA) is 78.9 Å². The molecule has 1 unspecified atom stereocenters. The molecule has 0 spiro atoms. The van der Waals surface area contributed by atoms with E-state index in [0.717, 1.165) is 47.4 Å². The average molecular weight is 373 g/mol.